The van der Waals surface area contributed by atoms with Gasteiger partial charge in [-0.05, 0) is 43.0 Å². The number of piperidine rings is 1. The number of nitrogens with zero attached hydrogens (tertiary/aromatic N) is 3. The highest BCUT2D eigenvalue weighted by Crippen LogP contribution is 2.20. The predicted molar refractivity (Wildman–Crippen MR) is 102 cm³/mol. The molecule has 0 saturated carbocycles. The van der Waals surface area contributed by atoms with Gasteiger partial charge in [0.2, 0.25) is 5.91 Å². The molecule has 1 saturated heterocycles. The third-order valence-electron chi connectivity index (χ3n) is 4.32. The fourth-order valence-electron chi connectivity index (χ4n) is 2.77. The monoisotopic (exact) mass is 374 g/mol. The number of carbonyl (C=O) groups is 2. The van der Waals surface area contributed by atoms with Crippen LogP contribution in [0.1, 0.15) is 31.4 Å². The first-order valence-electron chi connectivity index (χ1n) is 9.03. The van der Waals surface area contributed by atoms with Gasteiger partial charge in [-0.3, -0.25) is 14.6 Å². The number of hydrogen-bond donors (Lipinski definition) is 2. The first kappa shape index (κ1) is 20.4. The van der Waals surface area contributed by atoms with Gasteiger partial charge in [0.25, 0.3) is 0 Å². The summed E-state index contributed by atoms with van der Waals surface area (Å²) in [4.78, 5) is 28.6. The Morgan fingerprint density at radius 2 is 2.15 bits per heavy atom. The SMILES string of the molecule is CN/N=C\C=C\c1ccc(OCC2CCN(C(=O)CCC(=O)O)CC2)cn1. The van der Waals surface area contributed by atoms with Crippen LogP contribution in [0.5, 0.6) is 5.75 Å². The van der Waals surface area contributed by atoms with Gasteiger partial charge in [0.1, 0.15) is 5.75 Å². The van der Waals surface area contributed by atoms with Crippen LogP contribution in [-0.2, 0) is 9.59 Å². The molecular weight excluding hydrogens is 348 g/mol. The molecule has 27 heavy (non-hydrogen) atoms. The molecule has 0 aliphatic carbocycles. The standard InChI is InChI=1S/C19H26N4O4/c1-20-22-10-2-3-16-4-5-17(13-21-16)27-14-15-8-11-23(12-9-15)18(24)6-7-19(25)26/h2-5,10,13,15,20H,6-9,11-12,14H2,1H3,(H,25,26)/b3-2+,22-10-. The number of nitrogens with one attached hydrogen (secondary N) is 1. The highest BCUT2D eigenvalue weighted by Gasteiger charge is 2.23. The quantitative estimate of drug-likeness (QED) is 0.504. The number of likely N-dealkylation sites (tertiary alicyclic amines) is 1. The highest BCUT2D eigenvalue weighted by atomic mass is 16.5. The first-order chi connectivity index (χ1) is 13.1. The van der Waals surface area contributed by atoms with E-state index < -0.39 is 5.97 Å². The van der Waals surface area contributed by atoms with E-state index in [2.05, 4.69) is 15.5 Å². The Balaban J connectivity index is 1.70. The molecule has 1 amide bonds. The lowest BCUT2D eigenvalue weighted by Gasteiger charge is -2.31. The average molecular weight is 374 g/mol. The zero-order valence-electron chi connectivity index (χ0n) is 15.5. The molecule has 0 radical (unpaired) electrons. The van der Waals surface area contributed by atoms with Crippen molar-refractivity contribution in [3.8, 4) is 5.75 Å². The lowest BCUT2D eigenvalue weighted by Crippen LogP contribution is -2.39. The number of carboxylic acids is 1. The minimum absolute atomic E-state index is 0.0732. The number of carbonyl (C=O) groups excluding carboxylic acids is 1. The summed E-state index contributed by atoms with van der Waals surface area (Å²) >= 11 is 0. The Morgan fingerprint density at radius 1 is 1.37 bits per heavy atom. The van der Waals surface area contributed by atoms with E-state index in [4.69, 9.17) is 9.84 Å². The summed E-state index contributed by atoms with van der Waals surface area (Å²) in [6.45, 7) is 1.90. The van der Waals surface area contributed by atoms with Crippen molar-refractivity contribution in [2.45, 2.75) is 25.7 Å². The number of hydrogen-bond acceptors (Lipinski definition) is 6. The molecule has 0 atom stereocenters. The number of hydrazone groups is 1. The molecule has 0 aromatic carbocycles. The molecule has 0 unspecified atom stereocenters. The van der Waals surface area contributed by atoms with Crippen LogP contribution in [0.15, 0.2) is 29.5 Å². The van der Waals surface area contributed by atoms with Gasteiger partial charge >= 0.3 is 5.97 Å². The smallest absolute Gasteiger partial charge is 0.303 e. The van der Waals surface area contributed by atoms with E-state index in [0.717, 1.165) is 24.3 Å². The van der Waals surface area contributed by atoms with Crippen LogP contribution in [-0.4, -0.2) is 59.8 Å². The van der Waals surface area contributed by atoms with Crippen LogP contribution < -0.4 is 10.2 Å². The van der Waals surface area contributed by atoms with Crippen molar-refractivity contribution in [3.05, 3.63) is 30.1 Å². The lowest BCUT2D eigenvalue weighted by molar-refractivity contribution is -0.141. The topological polar surface area (TPSA) is 104 Å². The molecule has 1 fully saturated rings. The second-order valence-corrected chi connectivity index (χ2v) is 6.31. The third-order valence-corrected chi connectivity index (χ3v) is 4.32. The Kier molecular flexibility index (Phi) is 8.28. The number of amides is 1. The number of pyridine rings is 1. The van der Waals surface area contributed by atoms with Gasteiger partial charge in [0.05, 0.1) is 24.9 Å². The maximum absolute atomic E-state index is 11.9. The van der Waals surface area contributed by atoms with E-state index in [9.17, 15) is 9.59 Å². The Bertz CT molecular complexity index is 665. The van der Waals surface area contributed by atoms with E-state index in [1.807, 2.05) is 18.2 Å². The van der Waals surface area contributed by atoms with Crippen molar-refractivity contribution in [2.75, 3.05) is 26.7 Å². The molecule has 2 N–H and O–H groups in total. The summed E-state index contributed by atoms with van der Waals surface area (Å²) in [6.07, 6.45) is 8.67. The number of aromatic nitrogens is 1. The normalized spacial score (nSPS) is 15.4. The van der Waals surface area contributed by atoms with Gasteiger partial charge in [0, 0.05) is 32.8 Å². The molecule has 2 heterocycles. The van der Waals surface area contributed by atoms with Crippen LogP contribution in [0, 0.1) is 5.92 Å². The largest absolute Gasteiger partial charge is 0.492 e. The maximum Gasteiger partial charge on any atom is 0.303 e. The van der Waals surface area contributed by atoms with Crippen LogP contribution in [0.25, 0.3) is 6.08 Å². The summed E-state index contributed by atoms with van der Waals surface area (Å²) in [5, 5.41) is 12.5. The molecule has 0 spiro atoms. The fraction of sp³-hybridized carbons (Fsp3) is 0.474. The second kappa shape index (κ2) is 10.9. The molecule has 1 aromatic heterocycles. The van der Waals surface area contributed by atoms with Gasteiger partial charge in [-0.25, -0.2) is 0 Å². The van der Waals surface area contributed by atoms with Crippen molar-refractivity contribution in [1.82, 2.24) is 15.3 Å². The van der Waals surface area contributed by atoms with Gasteiger partial charge in [-0.15, -0.1) is 0 Å². The minimum atomic E-state index is -0.937. The van der Waals surface area contributed by atoms with Crippen molar-refractivity contribution < 1.29 is 19.4 Å². The van der Waals surface area contributed by atoms with Gasteiger partial charge in [0.15, 0.2) is 0 Å². The number of allylic oxidation sites excluding steroid dienone is 1. The number of rotatable bonds is 9. The maximum atomic E-state index is 11.9. The van der Waals surface area contributed by atoms with Gasteiger partial charge in [-0.1, -0.05) is 0 Å². The van der Waals surface area contributed by atoms with Crippen LogP contribution in [0.2, 0.25) is 0 Å². The Morgan fingerprint density at radius 3 is 2.78 bits per heavy atom. The average Bonchev–Trinajstić information content (AvgIpc) is 2.69. The van der Waals surface area contributed by atoms with E-state index in [1.54, 1.807) is 30.4 Å². The predicted octanol–water partition coefficient (Wildman–Crippen LogP) is 1.78. The Hall–Kier alpha value is -2.90. The summed E-state index contributed by atoms with van der Waals surface area (Å²) in [5.74, 6) is 0.0825. The molecule has 8 nitrogen and oxygen atoms in total. The summed E-state index contributed by atoms with van der Waals surface area (Å²) in [6, 6.07) is 3.76. The third kappa shape index (κ3) is 7.47. The van der Waals surface area contributed by atoms with E-state index in [0.29, 0.717) is 25.6 Å². The van der Waals surface area contributed by atoms with Crippen molar-refractivity contribution in [3.63, 3.8) is 0 Å². The van der Waals surface area contributed by atoms with E-state index in [-0.39, 0.29) is 18.7 Å². The molecule has 8 heteroatoms. The molecule has 1 aliphatic rings. The van der Waals surface area contributed by atoms with Gasteiger partial charge < -0.3 is 20.2 Å². The Labute approximate surface area is 158 Å². The number of aliphatic carboxylic acids is 1. The van der Waals surface area contributed by atoms with E-state index in [1.165, 1.54) is 0 Å². The molecule has 0 bridgehead atoms. The van der Waals surface area contributed by atoms with Crippen molar-refractivity contribution >= 4 is 24.2 Å². The van der Waals surface area contributed by atoms with Crippen molar-refractivity contribution in [2.24, 2.45) is 11.0 Å². The second-order valence-electron chi connectivity index (χ2n) is 6.31. The summed E-state index contributed by atoms with van der Waals surface area (Å²) in [5.41, 5.74) is 3.48. The number of carboxylic acid groups (broad SMARTS) is 1. The van der Waals surface area contributed by atoms with Crippen LogP contribution >= 0.6 is 0 Å². The van der Waals surface area contributed by atoms with Crippen molar-refractivity contribution in [1.29, 1.82) is 0 Å². The lowest BCUT2D eigenvalue weighted by atomic mass is 9.97. The minimum Gasteiger partial charge on any atom is -0.492 e. The van der Waals surface area contributed by atoms with Crippen LogP contribution in [0.3, 0.4) is 0 Å². The molecular formula is C19H26N4O4. The zero-order valence-corrected chi connectivity index (χ0v) is 15.5. The van der Waals surface area contributed by atoms with E-state index >= 15 is 0 Å². The zero-order chi connectivity index (χ0) is 19.5. The summed E-state index contributed by atoms with van der Waals surface area (Å²) in [7, 11) is 1.73. The molecule has 1 aliphatic heterocycles. The van der Waals surface area contributed by atoms with Gasteiger partial charge in [-0.2, -0.15) is 5.10 Å². The number of ether oxygens (including phenoxy) is 1. The highest BCUT2D eigenvalue weighted by molar-refractivity contribution is 5.80. The molecule has 146 valence electrons. The van der Waals surface area contributed by atoms with Crippen LogP contribution in [0.4, 0.5) is 0 Å². The molecule has 2 rings (SSSR count). The fourth-order valence-corrected chi connectivity index (χ4v) is 2.77. The first-order valence-corrected chi connectivity index (χ1v) is 9.03. The summed E-state index contributed by atoms with van der Waals surface area (Å²) < 4.78 is 5.81. The molecule has 1 aromatic rings.